The van der Waals surface area contributed by atoms with Crippen molar-refractivity contribution in [2.24, 2.45) is 0 Å². The molecular weight excluding hydrogens is 528 g/mol. The fraction of sp³-hybridized carbons (Fsp3) is 0.167. The number of sulfone groups is 1. The summed E-state index contributed by atoms with van der Waals surface area (Å²) in [6.45, 7) is 2.40. The van der Waals surface area contributed by atoms with Crippen LogP contribution in [-0.4, -0.2) is 55.2 Å². The van der Waals surface area contributed by atoms with Crippen LogP contribution in [0.25, 0.3) is 11.2 Å². The number of aromatic nitrogens is 6. The van der Waals surface area contributed by atoms with E-state index in [-0.39, 0.29) is 15.7 Å². The zero-order chi connectivity index (χ0) is 26.9. The minimum atomic E-state index is -3.30. The first kappa shape index (κ1) is 25.2. The number of anilines is 3. The van der Waals surface area contributed by atoms with E-state index in [1.807, 2.05) is 22.8 Å². The van der Waals surface area contributed by atoms with Gasteiger partial charge in [-0.05, 0) is 36.8 Å². The highest BCUT2D eigenvalue weighted by atomic mass is 32.2. The summed E-state index contributed by atoms with van der Waals surface area (Å²) in [5.74, 6) is -0.385. The van der Waals surface area contributed by atoms with Gasteiger partial charge in [0, 0.05) is 12.5 Å². The Bertz CT molecular complexity index is 1730. The first-order valence-electron chi connectivity index (χ1n) is 11.3. The lowest BCUT2D eigenvalue weighted by molar-refractivity contribution is 0.0701. The molecule has 0 amide bonds. The first-order chi connectivity index (χ1) is 18.2. The van der Waals surface area contributed by atoms with E-state index in [4.69, 9.17) is 0 Å². The number of nitrogens with zero attached hydrogens (tertiary/aromatic N) is 6. The van der Waals surface area contributed by atoms with Gasteiger partial charge in [-0.15, -0.1) is 0 Å². The predicted molar refractivity (Wildman–Crippen MR) is 143 cm³/mol. The van der Waals surface area contributed by atoms with Crippen molar-refractivity contribution in [3.63, 3.8) is 0 Å². The Morgan fingerprint density at radius 2 is 1.87 bits per heavy atom. The molecule has 0 unspecified atom stereocenters. The summed E-state index contributed by atoms with van der Waals surface area (Å²) >= 11 is 0.992. The van der Waals surface area contributed by atoms with Crippen LogP contribution in [0.1, 0.15) is 26.6 Å². The second-order valence-electron chi connectivity index (χ2n) is 8.39. The molecule has 0 radical (unpaired) electrons. The first-order valence-corrected chi connectivity index (χ1v) is 14.0. The molecule has 0 bridgehead atoms. The van der Waals surface area contributed by atoms with Gasteiger partial charge in [-0.1, -0.05) is 29.5 Å². The van der Waals surface area contributed by atoms with E-state index >= 15 is 0 Å². The summed E-state index contributed by atoms with van der Waals surface area (Å²) in [6, 6.07) is 12.2. The average molecular weight is 551 g/mol. The summed E-state index contributed by atoms with van der Waals surface area (Å²) in [4.78, 5) is 34.1. The van der Waals surface area contributed by atoms with Crippen LogP contribution in [0, 0.1) is 6.92 Å². The molecule has 12 nitrogen and oxygen atoms in total. The van der Waals surface area contributed by atoms with E-state index < -0.39 is 15.8 Å². The molecule has 38 heavy (non-hydrogen) atoms. The van der Waals surface area contributed by atoms with Gasteiger partial charge < -0.3 is 15.0 Å². The number of aromatic carboxylic acids is 1. The van der Waals surface area contributed by atoms with Gasteiger partial charge in [-0.3, -0.25) is 10.3 Å². The van der Waals surface area contributed by atoms with Crippen molar-refractivity contribution in [1.82, 2.24) is 29.5 Å². The van der Waals surface area contributed by atoms with Crippen LogP contribution in [0.15, 0.2) is 59.9 Å². The molecule has 0 spiro atoms. The summed E-state index contributed by atoms with van der Waals surface area (Å²) in [5, 5.41) is 16.0. The zero-order valence-corrected chi connectivity index (χ0v) is 21.9. The molecule has 0 aliphatic heterocycles. The zero-order valence-electron chi connectivity index (χ0n) is 20.3. The van der Waals surface area contributed by atoms with Gasteiger partial charge in [0.1, 0.15) is 4.88 Å². The Balaban J connectivity index is 1.50. The molecule has 0 saturated carbocycles. The number of nitrogens with one attached hydrogen (secondary N) is 2. The lowest BCUT2D eigenvalue weighted by Gasteiger charge is -2.10. The quantitative estimate of drug-likeness (QED) is 0.246. The summed E-state index contributed by atoms with van der Waals surface area (Å²) in [5.41, 5.74) is 3.10. The van der Waals surface area contributed by atoms with Crippen LogP contribution in [-0.2, 0) is 22.9 Å². The molecule has 0 aliphatic carbocycles. The minimum Gasteiger partial charge on any atom is -0.477 e. The van der Waals surface area contributed by atoms with Gasteiger partial charge in [0.15, 0.2) is 32.0 Å². The molecule has 1 aromatic carbocycles. The second kappa shape index (κ2) is 10.1. The molecule has 4 heterocycles. The number of aryl methyl sites for hydroxylation is 1. The van der Waals surface area contributed by atoms with Gasteiger partial charge in [0.25, 0.3) is 0 Å². The van der Waals surface area contributed by atoms with Crippen LogP contribution in [0.5, 0.6) is 0 Å². The molecule has 5 rings (SSSR count). The third kappa shape index (κ3) is 5.45. The number of hydrogen-bond acceptors (Lipinski definition) is 11. The molecule has 3 N–H and O–H groups in total. The highest BCUT2D eigenvalue weighted by Crippen LogP contribution is 2.27. The number of fused-ring (bicyclic) bond motifs is 1. The van der Waals surface area contributed by atoms with Crippen molar-refractivity contribution in [1.29, 1.82) is 0 Å². The number of carboxylic acids is 1. The van der Waals surface area contributed by atoms with E-state index in [1.165, 1.54) is 6.26 Å². The number of hydrogen-bond donors (Lipinski definition) is 3. The van der Waals surface area contributed by atoms with Crippen LogP contribution >= 0.6 is 11.3 Å². The summed E-state index contributed by atoms with van der Waals surface area (Å²) < 4.78 is 25.4. The molecule has 14 heteroatoms. The molecule has 0 aliphatic rings. The molecule has 0 saturated heterocycles. The van der Waals surface area contributed by atoms with Crippen molar-refractivity contribution >= 4 is 55.2 Å². The fourth-order valence-corrected chi connectivity index (χ4v) is 5.13. The maximum absolute atomic E-state index is 11.8. The van der Waals surface area contributed by atoms with Crippen molar-refractivity contribution in [2.45, 2.75) is 24.9 Å². The van der Waals surface area contributed by atoms with Gasteiger partial charge >= 0.3 is 5.97 Å². The van der Waals surface area contributed by atoms with Gasteiger partial charge in [-0.2, -0.15) is 9.97 Å². The average Bonchev–Trinajstić information content (AvgIpc) is 3.46. The van der Waals surface area contributed by atoms with E-state index in [0.29, 0.717) is 40.9 Å². The van der Waals surface area contributed by atoms with Crippen molar-refractivity contribution in [2.75, 3.05) is 16.9 Å². The largest absolute Gasteiger partial charge is 0.477 e. The normalized spacial score (nSPS) is 11.5. The Kier molecular flexibility index (Phi) is 6.73. The number of carbonyl (C=O) groups is 1. The van der Waals surface area contributed by atoms with Gasteiger partial charge in [-0.25, -0.2) is 23.2 Å². The number of benzene rings is 1. The van der Waals surface area contributed by atoms with Crippen LogP contribution in [0.4, 0.5) is 16.9 Å². The Morgan fingerprint density at radius 1 is 1.08 bits per heavy atom. The number of thiazole rings is 1. The van der Waals surface area contributed by atoms with Gasteiger partial charge in [0.2, 0.25) is 5.95 Å². The van der Waals surface area contributed by atoms with Crippen LogP contribution < -0.4 is 10.6 Å². The van der Waals surface area contributed by atoms with Crippen molar-refractivity contribution in [3.05, 3.63) is 76.8 Å². The highest BCUT2D eigenvalue weighted by molar-refractivity contribution is 7.90. The lowest BCUT2D eigenvalue weighted by atomic mass is 10.2. The van der Waals surface area contributed by atoms with Gasteiger partial charge in [0.05, 0.1) is 35.7 Å². The number of rotatable bonds is 9. The topological polar surface area (TPSA) is 165 Å². The Labute approximate surface area is 221 Å². The standard InChI is InChI=1S/C24H22N8O4S2/c1-14-19(22(33)34)37-24(28-14)31-23-29-20(26-11-16-5-3-4-10-25-16)18-21(30-23)32(13-27-18)12-15-6-8-17(9-7-15)38(2,35)36/h3-10,13H,11-12H2,1-2H3,(H,33,34)(H2,26,28,29,30,31). The fourth-order valence-electron chi connectivity index (χ4n) is 3.70. The Hall–Kier alpha value is -4.43. The number of pyridine rings is 1. The Morgan fingerprint density at radius 3 is 2.53 bits per heavy atom. The monoisotopic (exact) mass is 550 g/mol. The van der Waals surface area contributed by atoms with Crippen LogP contribution in [0.3, 0.4) is 0 Å². The highest BCUT2D eigenvalue weighted by Gasteiger charge is 2.18. The number of imidazole rings is 1. The third-order valence-electron chi connectivity index (χ3n) is 5.54. The van der Waals surface area contributed by atoms with E-state index in [1.54, 1.807) is 43.7 Å². The minimum absolute atomic E-state index is 0.129. The lowest BCUT2D eigenvalue weighted by Crippen LogP contribution is -2.08. The van der Waals surface area contributed by atoms with Crippen LogP contribution in [0.2, 0.25) is 0 Å². The van der Waals surface area contributed by atoms with E-state index in [2.05, 4.69) is 35.6 Å². The second-order valence-corrected chi connectivity index (χ2v) is 11.4. The van der Waals surface area contributed by atoms with Crippen molar-refractivity contribution in [3.8, 4) is 0 Å². The summed E-state index contributed by atoms with van der Waals surface area (Å²) in [6.07, 6.45) is 4.50. The maximum Gasteiger partial charge on any atom is 0.347 e. The molecule has 0 fully saturated rings. The summed E-state index contributed by atoms with van der Waals surface area (Å²) in [7, 11) is -3.30. The molecule has 0 atom stereocenters. The third-order valence-corrected chi connectivity index (χ3v) is 7.73. The maximum atomic E-state index is 11.8. The smallest absolute Gasteiger partial charge is 0.347 e. The molecular formula is C24H22N8O4S2. The molecule has 5 aromatic rings. The SMILES string of the molecule is Cc1nc(Nc2nc(NCc3ccccn3)c3ncn(Cc4ccc(S(C)(=O)=O)cc4)c3n2)sc1C(=O)O. The molecule has 4 aromatic heterocycles. The molecule has 194 valence electrons. The van der Waals surface area contributed by atoms with Crippen molar-refractivity contribution < 1.29 is 18.3 Å². The number of carboxylic acid groups (broad SMARTS) is 1. The van der Waals surface area contributed by atoms with E-state index in [0.717, 1.165) is 22.6 Å². The van der Waals surface area contributed by atoms with E-state index in [9.17, 15) is 18.3 Å². The predicted octanol–water partition coefficient (Wildman–Crippen LogP) is 3.49.